The van der Waals surface area contributed by atoms with Crippen molar-refractivity contribution in [2.24, 2.45) is 0 Å². The van der Waals surface area contributed by atoms with Crippen LogP contribution in [0.1, 0.15) is 0 Å². The molecule has 0 aromatic carbocycles. The Morgan fingerprint density at radius 3 is 1.43 bits per heavy atom. The maximum absolute atomic E-state index is 10.4. The SMILES string of the molecule is O=P(O)(O)F.[AlH3].[KH]. The Balaban J connectivity index is -0.0000000800. The summed E-state index contributed by atoms with van der Waals surface area (Å²) >= 11 is 0. The molecule has 0 radical (unpaired) electrons. The molecule has 0 aliphatic rings. The zero-order valence-corrected chi connectivity index (χ0v) is 3.02. The summed E-state index contributed by atoms with van der Waals surface area (Å²) < 4.78 is 19.0. The van der Waals surface area contributed by atoms with E-state index in [1.54, 1.807) is 0 Å². The molecular formula is H6AlFKO3P. The molecule has 0 fully saturated rings. The van der Waals surface area contributed by atoms with Crippen LogP contribution in [0.2, 0.25) is 0 Å². The van der Waals surface area contributed by atoms with Gasteiger partial charge in [-0.1, -0.05) is 0 Å². The average Bonchev–Trinajstić information content (AvgIpc) is 0.722. The van der Waals surface area contributed by atoms with Gasteiger partial charge in [-0.15, -0.1) is 4.20 Å². The molecule has 7 heavy (non-hydrogen) atoms. The van der Waals surface area contributed by atoms with Gasteiger partial charge in [0.15, 0.2) is 17.4 Å². The molecule has 0 saturated carbocycles. The average molecular weight is 170 g/mol. The van der Waals surface area contributed by atoms with E-state index in [-0.39, 0.29) is 68.7 Å². The van der Waals surface area contributed by atoms with Gasteiger partial charge in [-0.25, -0.2) is 4.57 Å². The second-order valence-electron chi connectivity index (χ2n) is 0.473. The van der Waals surface area contributed by atoms with Crippen LogP contribution in [0.4, 0.5) is 4.20 Å². The van der Waals surface area contributed by atoms with Gasteiger partial charge in [0, 0.05) is 0 Å². The third-order valence-electron chi connectivity index (χ3n) is 0. The molecule has 0 spiro atoms. The first-order valence-corrected chi connectivity index (χ1v) is 2.25. The van der Waals surface area contributed by atoms with Gasteiger partial charge in [-0.05, 0) is 0 Å². The molecular weight excluding hydrogens is 164 g/mol. The molecule has 7 heteroatoms. The first kappa shape index (κ1) is 16.1. The topological polar surface area (TPSA) is 57.5 Å². The van der Waals surface area contributed by atoms with Crippen molar-refractivity contribution in [3.63, 3.8) is 0 Å². The van der Waals surface area contributed by atoms with Crippen molar-refractivity contribution in [1.29, 1.82) is 0 Å². The monoisotopic (exact) mass is 170 g/mol. The van der Waals surface area contributed by atoms with E-state index in [2.05, 4.69) is 0 Å². The zero-order valence-electron chi connectivity index (χ0n) is 2.13. The van der Waals surface area contributed by atoms with Gasteiger partial charge in [-0.2, -0.15) is 0 Å². The van der Waals surface area contributed by atoms with Crippen LogP contribution in [-0.4, -0.2) is 78.5 Å². The Labute approximate surface area is 93.5 Å². The van der Waals surface area contributed by atoms with E-state index in [9.17, 15) is 4.20 Å². The fourth-order valence-corrected chi connectivity index (χ4v) is 0. The molecule has 0 amide bonds. The Kier molecular flexibility index (Phi) is 14.7. The van der Waals surface area contributed by atoms with E-state index in [1.807, 2.05) is 0 Å². The van der Waals surface area contributed by atoms with Crippen molar-refractivity contribution in [3.05, 3.63) is 0 Å². The number of halogens is 1. The van der Waals surface area contributed by atoms with Crippen LogP contribution in [-0.2, 0) is 4.57 Å². The molecule has 0 aliphatic carbocycles. The summed E-state index contributed by atoms with van der Waals surface area (Å²) in [5.74, 6) is 0. The van der Waals surface area contributed by atoms with E-state index in [1.165, 1.54) is 0 Å². The Bertz CT molecular complexity index is 61.1. The minimum absolute atomic E-state index is 0. The van der Waals surface area contributed by atoms with Crippen molar-refractivity contribution in [2.75, 3.05) is 0 Å². The molecule has 0 unspecified atom stereocenters. The van der Waals surface area contributed by atoms with Crippen molar-refractivity contribution < 1.29 is 18.5 Å². The molecule has 0 rings (SSSR count). The molecule has 3 nitrogen and oxygen atoms in total. The summed E-state index contributed by atoms with van der Waals surface area (Å²) in [7, 11) is -5.14. The normalized spacial score (nSPS) is 8.43. The molecule has 0 saturated heterocycles. The van der Waals surface area contributed by atoms with E-state index in [0.29, 0.717) is 0 Å². The third kappa shape index (κ3) is 63.7. The molecule has 0 aromatic heterocycles. The maximum atomic E-state index is 10.4. The van der Waals surface area contributed by atoms with Crippen LogP contribution in [0.5, 0.6) is 0 Å². The van der Waals surface area contributed by atoms with Crippen molar-refractivity contribution >= 4 is 76.7 Å². The second-order valence-corrected chi connectivity index (χ2v) is 1.42. The van der Waals surface area contributed by atoms with Crippen LogP contribution in [0.25, 0.3) is 0 Å². The zero-order chi connectivity index (χ0) is 4.50. The quantitative estimate of drug-likeness (QED) is 0.333. The fourth-order valence-electron chi connectivity index (χ4n) is 0. The Morgan fingerprint density at radius 1 is 1.43 bits per heavy atom. The molecule has 0 bridgehead atoms. The van der Waals surface area contributed by atoms with Gasteiger partial charge in [-0.3, -0.25) is 9.79 Å². The number of hydrogen-bond acceptors (Lipinski definition) is 1. The molecule has 0 aromatic rings. The van der Waals surface area contributed by atoms with Crippen molar-refractivity contribution in [1.82, 2.24) is 0 Å². The van der Waals surface area contributed by atoms with Gasteiger partial charge in [0.2, 0.25) is 0 Å². The Hall–Kier alpha value is 2.25. The minimum atomic E-state index is -5.14. The summed E-state index contributed by atoms with van der Waals surface area (Å²) in [6.07, 6.45) is 0. The second kappa shape index (κ2) is 6.37. The number of rotatable bonds is 0. The predicted molar refractivity (Wildman–Crippen MR) is 30.2 cm³/mol. The first-order valence-electron chi connectivity index (χ1n) is 0.752. The summed E-state index contributed by atoms with van der Waals surface area (Å²) in [6, 6.07) is 0. The number of hydrogen-bond donors (Lipinski definition) is 2. The van der Waals surface area contributed by atoms with Crippen LogP contribution >= 0.6 is 7.91 Å². The van der Waals surface area contributed by atoms with E-state index in [0.717, 1.165) is 0 Å². The van der Waals surface area contributed by atoms with Gasteiger partial charge in [0.05, 0.1) is 0 Å². The van der Waals surface area contributed by atoms with E-state index < -0.39 is 7.91 Å². The Morgan fingerprint density at radius 2 is 1.43 bits per heavy atom. The first-order chi connectivity index (χ1) is 2.00. The third-order valence-corrected chi connectivity index (χ3v) is 0. The summed E-state index contributed by atoms with van der Waals surface area (Å²) in [5.41, 5.74) is 0. The molecule has 0 aliphatic heterocycles. The van der Waals surface area contributed by atoms with E-state index in [4.69, 9.17) is 14.4 Å². The predicted octanol–water partition coefficient (Wildman–Crippen LogP) is -1.78. The van der Waals surface area contributed by atoms with Crippen LogP contribution < -0.4 is 0 Å². The molecule has 0 atom stereocenters. The van der Waals surface area contributed by atoms with Gasteiger partial charge in [0.25, 0.3) is 0 Å². The van der Waals surface area contributed by atoms with Crippen LogP contribution in [0.3, 0.4) is 0 Å². The van der Waals surface area contributed by atoms with Crippen molar-refractivity contribution in [2.45, 2.75) is 0 Å². The summed E-state index contributed by atoms with van der Waals surface area (Å²) in [4.78, 5) is 13.9. The van der Waals surface area contributed by atoms with Crippen molar-refractivity contribution in [3.8, 4) is 0 Å². The fraction of sp³-hybridized carbons (Fsp3) is 0. The molecule has 2 N–H and O–H groups in total. The van der Waals surface area contributed by atoms with E-state index >= 15 is 0 Å². The standard InChI is InChI=1S/Al.FH2O3P.K.4H/c;1-5(2,3)4;;;;;/h;(H2,2,3,4);;;;;. The molecule has 40 valence electrons. The summed E-state index contributed by atoms with van der Waals surface area (Å²) in [6.45, 7) is 0. The molecule has 0 heterocycles. The van der Waals surface area contributed by atoms with Crippen LogP contribution in [0.15, 0.2) is 0 Å². The van der Waals surface area contributed by atoms with Gasteiger partial charge in [0.1, 0.15) is 0 Å². The van der Waals surface area contributed by atoms with Gasteiger partial charge < -0.3 is 0 Å². The summed E-state index contributed by atoms with van der Waals surface area (Å²) in [5, 5.41) is 0. The van der Waals surface area contributed by atoms with Crippen LogP contribution in [0, 0.1) is 0 Å². The van der Waals surface area contributed by atoms with Gasteiger partial charge >= 0.3 is 59.3 Å².